The molecule has 4 aliphatic heterocycles. The first-order chi connectivity index (χ1) is 35.0. The number of rotatable bonds is 11. The van der Waals surface area contributed by atoms with Crippen LogP contribution in [0.5, 0.6) is 6.01 Å². The molecule has 0 spiro atoms. The van der Waals surface area contributed by atoms with E-state index in [9.17, 15) is 14.4 Å². The Morgan fingerprint density at radius 1 is 0.917 bits per heavy atom. The lowest BCUT2D eigenvalue weighted by atomic mass is 9.78. The van der Waals surface area contributed by atoms with Gasteiger partial charge in [-0.1, -0.05) is 43.5 Å². The SMILES string of the molecule is C#Cc1c(F)ccc2cc(C3CCC3)cc(-c3ncc4c(N5CCCC(C)C5)nc(OCC5(CN6CCC(N7CCC(c8cccc9c8n(C)c(=O)n9C8CCC(=O)NC8=O)CC7)CC6)CC5)nc4c3C)c12. The highest BCUT2D eigenvalue weighted by molar-refractivity contribution is 6.04. The second-order valence-corrected chi connectivity index (χ2v) is 22.4. The molecule has 72 heavy (non-hydrogen) atoms. The zero-order valence-electron chi connectivity index (χ0n) is 42.0. The smallest absolute Gasteiger partial charge is 0.329 e. The summed E-state index contributed by atoms with van der Waals surface area (Å²) in [5.74, 6) is 3.77. The third-order valence-electron chi connectivity index (χ3n) is 17.7. The summed E-state index contributed by atoms with van der Waals surface area (Å²) in [6.45, 7) is 11.9. The van der Waals surface area contributed by atoms with E-state index < -0.39 is 17.8 Å². The number of carbonyl (C=O) groups is 2. The number of ether oxygens (including phenoxy) is 1. The summed E-state index contributed by atoms with van der Waals surface area (Å²) in [6, 6.07) is 14.1. The highest BCUT2D eigenvalue weighted by Crippen LogP contribution is 2.48. The number of hydrogen-bond donors (Lipinski definition) is 1. The maximum atomic E-state index is 15.4. The van der Waals surface area contributed by atoms with Crippen molar-refractivity contribution in [2.75, 3.05) is 57.3 Å². The predicted octanol–water partition coefficient (Wildman–Crippen LogP) is 8.91. The summed E-state index contributed by atoms with van der Waals surface area (Å²) in [4.78, 5) is 61.6. The summed E-state index contributed by atoms with van der Waals surface area (Å²) in [5, 5.41) is 4.98. The minimum atomic E-state index is -0.687. The first-order valence-corrected chi connectivity index (χ1v) is 26.7. The molecular formula is C58H66FN9O4. The van der Waals surface area contributed by atoms with Crippen molar-refractivity contribution in [1.82, 2.24) is 39.2 Å². The Kier molecular flexibility index (Phi) is 12.2. The summed E-state index contributed by atoms with van der Waals surface area (Å²) in [6.07, 6.45) is 20.8. The average Bonchev–Trinajstić information content (AvgIpc) is 4.09. The van der Waals surface area contributed by atoms with Crippen molar-refractivity contribution in [3.8, 4) is 29.6 Å². The quantitative estimate of drug-likeness (QED) is 0.0993. The molecule has 3 aromatic heterocycles. The molecular weight excluding hydrogens is 906 g/mol. The van der Waals surface area contributed by atoms with Crippen molar-refractivity contribution >= 4 is 50.3 Å². The Labute approximate surface area is 420 Å². The number of pyridine rings is 1. The number of imide groups is 1. The largest absolute Gasteiger partial charge is 0.463 e. The zero-order chi connectivity index (χ0) is 49.4. The minimum Gasteiger partial charge on any atom is -0.463 e. The average molecular weight is 972 g/mol. The van der Waals surface area contributed by atoms with Crippen molar-refractivity contribution < 1.29 is 18.7 Å². The number of terminal acetylenes is 1. The second-order valence-electron chi connectivity index (χ2n) is 22.4. The number of fused-ring (bicyclic) bond motifs is 3. The standard InChI is InChI=1S/C58H66FN9O4/c1-5-42-46(59)15-14-39-29-40(37-10-6-11-37)30-44(50(39)42)51-36(3)52-45(31-60-51)54(67-24-8-9-35(2)32-67)63-56(62-52)72-34-58(22-23-58)33-65-25-20-41(21-26-65)66-27-18-38(19-28-66)43-12-7-13-47-53(43)64(4)57(71)68(47)48-16-17-49(69)61-55(48)70/h1,7,12-15,29-31,35,37-38,41,48H,6,8-11,16-28,32-34H2,2-4H3,(H,61,69,70). The number of aryl methyl sites for hydroxylation is 2. The van der Waals surface area contributed by atoms with Gasteiger partial charge in [-0.2, -0.15) is 9.97 Å². The van der Waals surface area contributed by atoms with Gasteiger partial charge in [0.15, 0.2) is 0 Å². The van der Waals surface area contributed by atoms with E-state index >= 15 is 4.39 Å². The number of aromatic nitrogens is 5. The molecule has 2 saturated carbocycles. The predicted molar refractivity (Wildman–Crippen MR) is 279 cm³/mol. The van der Waals surface area contributed by atoms with Gasteiger partial charge in [-0.3, -0.25) is 29.0 Å². The van der Waals surface area contributed by atoms with Crippen LogP contribution in [0.25, 0.3) is 44.0 Å². The Morgan fingerprint density at radius 2 is 1.72 bits per heavy atom. The number of halogens is 1. The second kappa shape index (κ2) is 18.7. The Bertz CT molecular complexity index is 3240. The number of carbonyl (C=O) groups excluding carboxylic acids is 2. The van der Waals surface area contributed by atoms with Crippen LogP contribution >= 0.6 is 0 Å². The number of hydrogen-bond acceptors (Lipinski definition) is 10. The third-order valence-corrected chi connectivity index (χ3v) is 17.7. The van der Waals surface area contributed by atoms with Crippen LogP contribution in [0, 0.1) is 36.4 Å². The van der Waals surface area contributed by atoms with Gasteiger partial charge in [0.1, 0.15) is 17.7 Å². The molecule has 0 radical (unpaired) electrons. The molecule has 4 saturated heterocycles. The van der Waals surface area contributed by atoms with Gasteiger partial charge in [-0.15, -0.1) is 6.42 Å². The molecule has 2 unspecified atom stereocenters. The highest BCUT2D eigenvalue weighted by Gasteiger charge is 2.46. The zero-order valence-corrected chi connectivity index (χ0v) is 42.0. The van der Waals surface area contributed by atoms with Crippen LogP contribution in [0.1, 0.15) is 131 Å². The highest BCUT2D eigenvalue weighted by atomic mass is 19.1. The van der Waals surface area contributed by atoms with Crippen LogP contribution in [0.3, 0.4) is 0 Å². The van der Waals surface area contributed by atoms with Crippen LogP contribution in [0.4, 0.5) is 10.2 Å². The van der Waals surface area contributed by atoms with E-state index in [-0.39, 0.29) is 29.0 Å². The van der Waals surface area contributed by atoms with Crippen LogP contribution in [0.2, 0.25) is 0 Å². The molecule has 2 aliphatic carbocycles. The molecule has 6 fully saturated rings. The molecule has 1 N–H and O–H groups in total. The molecule has 13 nitrogen and oxygen atoms in total. The van der Waals surface area contributed by atoms with Gasteiger partial charge < -0.3 is 19.4 Å². The lowest BCUT2D eigenvalue weighted by Crippen LogP contribution is -2.48. The number of benzene rings is 3. The number of nitrogens with zero attached hydrogens (tertiary/aromatic N) is 8. The molecule has 12 rings (SSSR count). The van der Waals surface area contributed by atoms with Gasteiger partial charge in [0, 0.05) is 67.3 Å². The third kappa shape index (κ3) is 8.44. The number of imidazole rings is 1. The van der Waals surface area contributed by atoms with Gasteiger partial charge in [-0.25, -0.2) is 9.18 Å². The van der Waals surface area contributed by atoms with Crippen molar-refractivity contribution in [1.29, 1.82) is 0 Å². The van der Waals surface area contributed by atoms with E-state index in [1.807, 2.05) is 24.4 Å². The maximum absolute atomic E-state index is 15.4. The number of likely N-dealkylation sites (tertiary alicyclic amines) is 2. The summed E-state index contributed by atoms with van der Waals surface area (Å²) in [5.41, 5.74) is 7.52. The van der Waals surface area contributed by atoms with E-state index in [4.69, 9.17) is 26.1 Å². The summed E-state index contributed by atoms with van der Waals surface area (Å²) >= 11 is 0. The van der Waals surface area contributed by atoms with Gasteiger partial charge in [-0.05, 0) is 156 Å². The molecule has 374 valence electrons. The van der Waals surface area contributed by atoms with Crippen LogP contribution in [0.15, 0.2) is 53.5 Å². The van der Waals surface area contributed by atoms with Crippen molar-refractivity contribution in [2.24, 2.45) is 18.4 Å². The van der Waals surface area contributed by atoms with Crippen molar-refractivity contribution in [3.63, 3.8) is 0 Å². The van der Waals surface area contributed by atoms with E-state index in [2.05, 4.69) is 58.0 Å². The minimum absolute atomic E-state index is 0.0661. The van der Waals surface area contributed by atoms with Crippen LogP contribution < -0.4 is 20.6 Å². The summed E-state index contributed by atoms with van der Waals surface area (Å²) in [7, 11) is 1.80. The fraction of sp³-hybridized carbons (Fsp3) is 0.517. The number of anilines is 1. The number of piperidine rings is 4. The van der Waals surface area contributed by atoms with Gasteiger partial charge in [0.05, 0.1) is 39.8 Å². The molecule has 6 aliphatic rings. The Morgan fingerprint density at radius 3 is 2.44 bits per heavy atom. The van der Waals surface area contributed by atoms with E-state index in [0.29, 0.717) is 42.8 Å². The van der Waals surface area contributed by atoms with E-state index in [1.54, 1.807) is 16.2 Å². The van der Waals surface area contributed by atoms with E-state index in [1.165, 1.54) is 30.0 Å². The normalized spacial score (nSPS) is 22.6. The van der Waals surface area contributed by atoms with Crippen molar-refractivity contribution in [3.05, 3.63) is 87.2 Å². The lowest BCUT2D eigenvalue weighted by Gasteiger charge is -2.42. The van der Waals surface area contributed by atoms with Gasteiger partial charge in [0.2, 0.25) is 11.8 Å². The first kappa shape index (κ1) is 46.9. The number of nitrogens with one attached hydrogen (secondary N) is 1. The molecule has 0 bridgehead atoms. The molecule has 6 aromatic rings. The number of amides is 2. The van der Waals surface area contributed by atoms with Crippen LogP contribution in [-0.4, -0.2) is 104 Å². The molecule has 2 atom stereocenters. The van der Waals surface area contributed by atoms with Crippen LogP contribution in [-0.2, 0) is 16.6 Å². The molecule has 7 heterocycles. The molecule has 3 aromatic carbocycles. The Balaban J connectivity index is 0.733. The molecule has 2 amide bonds. The Hall–Kier alpha value is -6.17. The van der Waals surface area contributed by atoms with E-state index in [0.717, 1.165) is 159 Å². The monoisotopic (exact) mass is 972 g/mol. The molecule has 14 heteroatoms. The van der Waals surface area contributed by atoms with Crippen molar-refractivity contribution in [2.45, 2.75) is 121 Å². The number of para-hydroxylation sites is 1. The lowest BCUT2D eigenvalue weighted by molar-refractivity contribution is -0.135. The summed E-state index contributed by atoms with van der Waals surface area (Å²) < 4.78 is 25.5. The van der Waals surface area contributed by atoms with Gasteiger partial charge in [0.25, 0.3) is 0 Å². The first-order valence-electron chi connectivity index (χ1n) is 26.7. The fourth-order valence-corrected chi connectivity index (χ4v) is 13.2. The fourth-order valence-electron chi connectivity index (χ4n) is 13.2. The van der Waals surface area contributed by atoms with Gasteiger partial charge >= 0.3 is 11.7 Å². The maximum Gasteiger partial charge on any atom is 0.329 e. The topological polar surface area (TPSA) is 131 Å².